The van der Waals surface area contributed by atoms with Crippen LogP contribution in [0.25, 0.3) is 22.3 Å². The van der Waals surface area contributed by atoms with E-state index in [1.54, 1.807) is 16.8 Å². The van der Waals surface area contributed by atoms with Crippen molar-refractivity contribution in [3.8, 4) is 16.3 Å². The van der Waals surface area contributed by atoms with Gasteiger partial charge in [-0.1, -0.05) is 77.8 Å². The predicted molar refractivity (Wildman–Crippen MR) is 162 cm³/mol. The molecule has 2 heterocycles. The van der Waals surface area contributed by atoms with Crippen molar-refractivity contribution in [2.24, 2.45) is 0 Å². The molecule has 5 rings (SSSR count). The highest BCUT2D eigenvalue weighted by atomic mass is 35.5. The molecule has 0 unspecified atom stereocenters. The first-order chi connectivity index (χ1) is 19.5. The van der Waals surface area contributed by atoms with Crippen molar-refractivity contribution >= 4 is 52.4 Å². The maximum atomic E-state index is 13.4. The van der Waals surface area contributed by atoms with Gasteiger partial charge in [-0.25, -0.2) is 4.68 Å². The number of carbonyl (C=O) groups excluding carboxylic acids is 2. The maximum absolute atomic E-state index is 13.4. The summed E-state index contributed by atoms with van der Waals surface area (Å²) in [5.74, 6) is -0.960. The number of aromatic nitrogens is 2. The molecule has 0 bridgehead atoms. The molecule has 5 aromatic rings. The van der Waals surface area contributed by atoms with E-state index in [9.17, 15) is 9.59 Å². The molecule has 2 aromatic heterocycles. The molecule has 6 nitrogen and oxygen atoms in total. The fraction of sp³-hybridized carbons (Fsp3) is 0.0645. The number of halogens is 2. The highest BCUT2D eigenvalue weighted by Gasteiger charge is 2.19. The SMILES string of the molecule is O=C(NCCc1ccccc1)/C(=C/c1cn(-c2ccccc2)nc1-c1cccs1)NC(=O)c1ccc(Cl)cc1Cl. The summed E-state index contributed by atoms with van der Waals surface area (Å²) in [6, 6.07) is 28.0. The standard InChI is InChI=1S/C31H24Cl2N4O2S/c32-23-13-14-25(26(33)19-23)30(38)35-27(31(39)34-16-15-21-8-3-1-4-9-21)18-22-20-37(24-10-5-2-6-11-24)36-29(22)28-12-7-17-40-28/h1-14,17-20H,15-16H2,(H,34,39)(H,35,38)/b27-18-. The van der Waals surface area contributed by atoms with Gasteiger partial charge in [0.15, 0.2) is 0 Å². The third-order valence-corrected chi connectivity index (χ3v) is 7.45. The summed E-state index contributed by atoms with van der Waals surface area (Å²) in [4.78, 5) is 27.6. The van der Waals surface area contributed by atoms with Gasteiger partial charge in [-0.15, -0.1) is 11.3 Å². The Balaban J connectivity index is 1.49. The molecule has 40 heavy (non-hydrogen) atoms. The second-order valence-corrected chi connectivity index (χ2v) is 10.6. The van der Waals surface area contributed by atoms with E-state index in [0.717, 1.165) is 16.1 Å². The second kappa shape index (κ2) is 12.8. The van der Waals surface area contributed by atoms with E-state index in [1.165, 1.54) is 23.5 Å². The van der Waals surface area contributed by atoms with Crippen LogP contribution in [0.4, 0.5) is 0 Å². The number of hydrogen-bond acceptors (Lipinski definition) is 4. The molecule has 0 saturated carbocycles. The van der Waals surface area contributed by atoms with Crippen LogP contribution in [0.3, 0.4) is 0 Å². The normalized spacial score (nSPS) is 11.3. The van der Waals surface area contributed by atoms with Gasteiger partial charge in [-0.2, -0.15) is 5.10 Å². The molecule has 3 aromatic carbocycles. The van der Waals surface area contributed by atoms with E-state index in [1.807, 2.05) is 84.4 Å². The number of hydrogen-bond donors (Lipinski definition) is 2. The van der Waals surface area contributed by atoms with Crippen molar-refractivity contribution in [2.75, 3.05) is 6.54 Å². The second-order valence-electron chi connectivity index (χ2n) is 8.82. The minimum Gasteiger partial charge on any atom is -0.350 e. The molecular formula is C31H24Cl2N4O2S. The van der Waals surface area contributed by atoms with Gasteiger partial charge >= 0.3 is 0 Å². The van der Waals surface area contributed by atoms with Crippen molar-refractivity contribution in [2.45, 2.75) is 6.42 Å². The molecule has 0 fully saturated rings. The minimum atomic E-state index is -0.528. The molecule has 2 N–H and O–H groups in total. The Kier molecular flexibility index (Phi) is 8.76. The Morgan fingerprint density at radius 3 is 2.38 bits per heavy atom. The van der Waals surface area contributed by atoms with Crippen LogP contribution >= 0.6 is 34.5 Å². The van der Waals surface area contributed by atoms with Crippen LogP contribution < -0.4 is 10.6 Å². The van der Waals surface area contributed by atoms with Crippen molar-refractivity contribution in [1.82, 2.24) is 20.4 Å². The Morgan fingerprint density at radius 2 is 1.68 bits per heavy atom. The molecule has 0 aliphatic rings. The van der Waals surface area contributed by atoms with Gasteiger partial charge in [0.1, 0.15) is 11.4 Å². The monoisotopic (exact) mass is 586 g/mol. The van der Waals surface area contributed by atoms with Crippen molar-refractivity contribution < 1.29 is 9.59 Å². The van der Waals surface area contributed by atoms with Crippen molar-refractivity contribution in [3.05, 3.63) is 135 Å². The van der Waals surface area contributed by atoms with Crippen LogP contribution in [0.2, 0.25) is 10.0 Å². The lowest BCUT2D eigenvalue weighted by Gasteiger charge is -2.12. The zero-order chi connectivity index (χ0) is 27.9. The maximum Gasteiger partial charge on any atom is 0.267 e. The number of carbonyl (C=O) groups is 2. The predicted octanol–water partition coefficient (Wildman–Crippen LogP) is 7.04. The number of thiophene rings is 1. The van der Waals surface area contributed by atoms with E-state index in [2.05, 4.69) is 10.6 Å². The zero-order valence-corrected chi connectivity index (χ0v) is 23.5. The number of benzene rings is 3. The van der Waals surface area contributed by atoms with Gasteiger partial charge in [0, 0.05) is 23.3 Å². The minimum absolute atomic E-state index is 0.0643. The van der Waals surface area contributed by atoms with Crippen LogP contribution in [0.15, 0.2) is 108 Å². The summed E-state index contributed by atoms with van der Waals surface area (Å²) in [7, 11) is 0. The van der Waals surface area contributed by atoms with Crippen LogP contribution in [-0.4, -0.2) is 28.1 Å². The molecule has 200 valence electrons. The Labute approximate surface area is 245 Å². The molecule has 0 saturated heterocycles. The highest BCUT2D eigenvalue weighted by molar-refractivity contribution is 7.13. The van der Waals surface area contributed by atoms with Gasteiger partial charge in [-0.05, 0) is 59.8 Å². The number of amides is 2. The van der Waals surface area contributed by atoms with E-state index in [-0.39, 0.29) is 16.3 Å². The highest BCUT2D eigenvalue weighted by Crippen LogP contribution is 2.29. The summed E-state index contributed by atoms with van der Waals surface area (Å²) >= 11 is 13.8. The van der Waals surface area contributed by atoms with Crippen LogP contribution in [0, 0.1) is 0 Å². The molecule has 9 heteroatoms. The summed E-state index contributed by atoms with van der Waals surface area (Å²) < 4.78 is 1.75. The number of nitrogens with one attached hydrogen (secondary N) is 2. The van der Waals surface area contributed by atoms with Gasteiger partial charge in [-0.3, -0.25) is 9.59 Å². The first kappa shape index (κ1) is 27.4. The van der Waals surface area contributed by atoms with Crippen LogP contribution in [-0.2, 0) is 11.2 Å². The fourth-order valence-corrected chi connectivity index (χ4v) is 5.27. The van der Waals surface area contributed by atoms with Crippen molar-refractivity contribution in [1.29, 1.82) is 0 Å². The third kappa shape index (κ3) is 6.69. The third-order valence-electron chi connectivity index (χ3n) is 6.03. The number of nitrogens with zero attached hydrogens (tertiary/aromatic N) is 2. The lowest BCUT2D eigenvalue weighted by atomic mass is 10.1. The summed E-state index contributed by atoms with van der Waals surface area (Å²) in [5, 5.41) is 13.0. The molecule has 0 aliphatic carbocycles. The Hall–Kier alpha value is -4.17. The van der Waals surface area contributed by atoms with E-state index in [4.69, 9.17) is 28.3 Å². The van der Waals surface area contributed by atoms with E-state index >= 15 is 0 Å². The summed E-state index contributed by atoms with van der Waals surface area (Å²) in [6.07, 6.45) is 4.12. The largest absolute Gasteiger partial charge is 0.350 e. The summed E-state index contributed by atoms with van der Waals surface area (Å²) in [5.41, 5.74) is 3.58. The molecule has 0 spiro atoms. The fourth-order valence-electron chi connectivity index (χ4n) is 4.05. The number of rotatable bonds is 9. The van der Waals surface area contributed by atoms with Gasteiger partial charge < -0.3 is 10.6 Å². The zero-order valence-electron chi connectivity index (χ0n) is 21.2. The average Bonchev–Trinajstić information content (AvgIpc) is 3.64. The topological polar surface area (TPSA) is 76.0 Å². The number of para-hydroxylation sites is 1. The smallest absolute Gasteiger partial charge is 0.267 e. The molecular weight excluding hydrogens is 563 g/mol. The Morgan fingerprint density at radius 1 is 0.925 bits per heavy atom. The van der Waals surface area contributed by atoms with Crippen LogP contribution in [0.5, 0.6) is 0 Å². The first-order valence-corrected chi connectivity index (χ1v) is 14.1. The molecule has 0 radical (unpaired) electrons. The van der Waals surface area contributed by atoms with Gasteiger partial charge in [0.2, 0.25) is 0 Å². The molecule has 0 atom stereocenters. The quantitative estimate of drug-likeness (QED) is 0.182. The molecule has 2 amide bonds. The van der Waals surface area contributed by atoms with Gasteiger partial charge in [0.05, 0.1) is 21.2 Å². The van der Waals surface area contributed by atoms with E-state index in [0.29, 0.717) is 29.2 Å². The van der Waals surface area contributed by atoms with Crippen molar-refractivity contribution in [3.63, 3.8) is 0 Å². The van der Waals surface area contributed by atoms with Gasteiger partial charge in [0.25, 0.3) is 11.8 Å². The average molecular weight is 588 g/mol. The lowest BCUT2D eigenvalue weighted by Crippen LogP contribution is -2.35. The van der Waals surface area contributed by atoms with Crippen LogP contribution in [0.1, 0.15) is 21.5 Å². The summed E-state index contributed by atoms with van der Waals surface area (Å²) in [6.45, 7) is 0.388. The Bertz CT molecular complexity index is 1650. The molecule has 0 aliphatic heterocycles. The first-order valence-electron chi connectivity index (χ1n) is 12.5. The lowest BCUT2D eigenvalue weighted by molar-refractivity contribution is -0.117. The van der Waals surface area contributed by atoms with E-state index < -0.39 is 11.8 Å².